The van der Waals surface area contributed by atoms with Gasteiger partial charge in [0, 0.05) is 0 Å². The summed E-state index contributed by atoms with van der Waals surface area (Å²) in [5.74, 6) is -0.281. The van der Waals surface area contributed by atoms with Crippen LogP contribution >= 0.6 is 0 Å². The molecule has 0 aromatic carbocycles. The lowest BCUT2D eigenvalue weighted by Crippen LogP contribution is -2.25. The zero-order valence-corrected chi connectivity index (χ0v) is 10.1. The van der Waals surface area contributed by atoms with E-state index in [0.29, 0.717) is 18.9 Å². The van der Waals surface area contributed by atoms with Gasteiger partial charge in [0.25, 0.3) is 0 Å². The first-order chi connectivity index (χ1) is 7.06. The number of nitrogens with zero attached hydrogens (tertiary/aromatic N) is 1. The van der Waals surface area contributed by atoms with Crippen molar-refractivity contribution >= 4 is 5.97 Å². The van der Waals surface area contributed by atoms with E-state index < -0.39 is 0 Å². The summed E-state index contributed by atoms with van der Waals surface area (Å²) in [6.45, 7) is 8.21. The first-order valence-electron chi connectivity index (χ1n) is 5.62. The third-order valence-electron chi connectivity index (χ3n) is 2.41. The van der Waals surface area contributed by atoms with E-state index >= 15 is 0 Å². The Balaban J connectivity index is 4.47. The molecule has 0 fully saturated rings. The molecule has 0 amide bonds. The minimum absolute atomic E-state index is 0.214. The Bertz CT molecular complexity index is 230. The van der Waals surface area contributed by atoms with E-state index in [-0.39, 0.29) is 17.8 Å². The van der Waals surface area contributed by atoms with E-state index in [2.05, 4.69) is 19.9 Å². The van der Waals surface area contributed by atoms with Crippen LogP contribution in [0.15, 0.2) is 0 Å². The molecule has 0 heterocycles. The maximum Gasteiger partial charge on any atom is 0.310 e. The average molecular weight is 211 g/mol. The summed E-state index contributed by atoms with van der Waals surface area (Å²) >= 11 is 0. The fourth-order valence-corrected chi connectivity index (χ4v) is 1.68. The Kier molecular flexibility index (Phi) is 6.77. The van der Waals surface area contributed by atoms with Gasteiger partial charge in [-0.25, -0.2) is 0 Å². The van der Waals surface area contributed by atoms with Crippen molar-refractivity contribution in [2.45, 2.75) is 40.5 Å². The monoisotopic (exact) mass is 211 g/mol. The second kappa shape index (κ2) is 7.28. The van der Waals surface area contributed by atoms with Gasteiger partial charge in [-0.15, -0.1) is 0 Å². The number of nitriles is 1. The van der Waals surface area contributed by atoms with Gasteiger partial charge in [0.2, 0.25) is 0 Å². The number of carbonyl (C=O) groups is 1. The minimum atomic E-state index is -0.266. The highest BCUT2D eigenvalue weighted by Crippen LogP contribution is 2.23. The van der Waals surface area contributed by atoms with Crippen molar-refractivity contribution in [2.75, 3.05) is 6.61 Å². The lowest BCUT2D eigenvalue weighted by atomic mass is 9.85. The second-order valence-corrected chi connectivity index (χ2v) is 4.13. The van der Waals surface area contributed by atoms with E-state index in [1.165, 1.54) is 0 Å². The molecule has 2 atom stereocenters. The van der Waals surface area contributed by atoms with Crippen molar-refractivity contribution in [3.05, 3.63) is 0 Å². The van der Waals surface area contributed by atoms with Gasteiger partial charge in [0.05, 0.1) is 24.5 Å². The molecule has 0 saturated heterocycles. The molecule has 0 aliphatic carbocycles. The van der Waals surface area contributed by atoms with Crippen molar-refractivity contribution in [1.29, 1.82) is 5.26 Å². The van der Waals surface area contributed by atoms with Crippen LogP contribution in [0.3, 0.4) is 0 Å². The fraction of sp³-hybridized carbons (Fsp3) is 0.833. The van der Waals surface area contributed by atoms with Crippen LogP contribution < -0.4 is 0 Å². The number of hydrogen-bond acceptors (Lipinski definition) is 3. The van der Waals surface area contributed by atoms with Crippen LogP contribution in [0.4, 0.5) is 0 Å². The van der Waals surface area contributed by atoms with Gasteiger partial charge in [-0.3, -0.25) is 4.79 Å². The summed E-state index contributed by atoms with van der Waals surface area (Å²) in [5, 5.41) is 9.04. The molecule has 0 saturated carbocycles. The molecule has 0 rings (SSSR count). The maximum absolute atomic E-state index is 11.6. The molecule has 0 radical (unpaired) electrons. The number of esters is 1. The van der Waals surface area contributed by atoms with Crippen molar-refractivity contribution in [3.63, 3.8) is 0 Å². The zero-order valence-electron chi connectivity index (χ0n) is 10.1. The molecule has 0 spiro atoms. The van der Waals surface area contributed by atoms with Gasteiger partial charge in [-0.1, -0.05) is 20.8 Å². The maximum atomic E-state index is 11.6. The molecule has 0 aromatic heterocycles. The van der Waals surface area contributed by atoms with Crippen LogP contribution in [-0.2, 0) is 9.53 Å². The zero-order chi connectivity index (χ0) is 11.8. The van der Waals surface area contributed by atoms with Crippen LogP contribution in [-0.4, -0.2) is 12.6 Å². The molecule has 15 heavy (non-hydrogen) atoms. The van der Waals surface area contributed by atoms with Crippen molar-refractivity contribution < 1.29 is 9.53 Å². The highest BCUT2D eigenvalue weighted by Gasteiger charge is 2.28. The van der Waals surface area contributed by atoms with Crippen LogP contribution in [0.1, 0.15) is 40.5 Å². The van der Waals surface area contributed by atoms with Gasteiger partial charge < -0.3 is 4.74 Å². The predicted molar refractivity (Wildman–Crippen MR) is 59.0 cm³/mol. The summed E-state index contributed by atoms with van der Waals surface area (Å²) < 4.78 is 4.97. The molecule has 3 nitrogen and oxygen atoms in total. The molecule has 3 heteroatoms. The highest BCUT2D eigenvalue weighted by molar-refractivity contribution is 5.73. The van der Waals surface area contributed by atoms with Gasteiger partial charge in [0.1, 0.15) is 0 Å². The van der Waals surface area contributed by atoms with Gasteiger partial charge in [-0.05, 0) is 25.7 Å². The third-order valence-corrected chi connectivity index (χ3v) is 2.41. The molecule has 0 N–H and O–H groups in total. The quantitative estimate of drug-likeness (QED) is 0.635. The Labute approximate surface area is 92.4 Å². The summed E-state index contributed by atoms with van der Waals surface area (Å²) in [5.41, 5.74) is 0. The summed E-state index contributed by atoms with van der Waals surface area (Å²) in [6.07, 6.45) is 1.43. The highest BCUT2D eigenvalue weighted by atomic mass is 16.5. The van der Waals surface area contributed by atoms with Crippen LogP contribution in [0, 0.1) is 29.1 Å². The smallest absolute Gasteiger partial charge is 0.310 e. The second-order valence-electron chi connectivity index (χ2n) is 4.13. The summed E-state index contributed by atoms with van der Waals surface area (Å²) in [6, 6.07) is 2.22. The van der Waals surface area contributed by atoms with E-state index in [9.17, 15) is 4.79 Å². The normalized spacial score (nSPS) is 14.4. The lowest BCUT2D eigenvalue weighted by molar-refractivity contribution is -0.149. The van der Waals surface area contributed by atoms with Crippen LogP contribution in [0.5, 0.6) is 0 Å². The molecule has 0 bridgehead atoms. The first-order valence-corrected chi connectivity index (χ1v) is 5.62. The summed E-state index contributed by atoms with van der Waals surface area (Å²) in [7, 11) is 0. The number of ether oxygens (including phenoxy) is 1. The van der Waals surface area contributed by atoms with Crippen LogP contribution in [0.2, 0.25) is 0 Å². The fourth-order valence-electron chi connectivity index (χ4n) is 1.68. The summed E-state index contributed by atoms with van der Waals surface area (Å²) in [4.78, 5) is 11.6. The Hall–Kier alpha value is -1.04. The minimum Gasteiger partial charge on any atom is -0.466 e. The Morgan fingerprint density at radius 3 is 2.33 bits per heavy atom. The van der Waals surface area contributed by atoms with Gasteiger partial charge in [-0.2, -0.15) is 5.26 Å². The molecule has 1 unspecified atom stereocenters. The Morgan fingerprint density at radius 2 is 2.00 bits per heavy atom. The van der Waals surface area contributed by atoms with Crippen molar-refractivity contribution in [2.24, 2.45) is 17.8 Å². The van der Waals surface area contributed by atoms with E-state index in [1.54, 1.807) is 6.92 Å². The van der Waals surface area contributed by atoms with E-state index in [1.807, 2.05) is 6.92 Å². The standard InChI is InChI=1S/C12H21NO2/c1-5-11(12(14)15-6-2)10(8-13)7-9(3)4/h9-11H,5-7H2,1-4H3/t10?,11-/m0/s1. The lowest BCUT2D eigenvalue weighted by Gasteiger charge is -2.20. The molecule has 86 valence electrons. The molecule has 0 aromatic rings. The van der Waals surface area contributed by atoms with Gasteiger partial charge >= 0.3 is 5.97 Å². The number of hydrogen-bond donors (Lipinski definition) is 0. The first kappa shape index (κ1) is 14.0. The van der Waals surface area contributed by atoms with Crippen molar-refractivity contribution in [1.82, 2.24) is 0 Å². The largest absolute Gasteiger partial charge is 0.466 e. The van der Waals surface area contributed by atoms with Gasteiger partial charge in [0.15, 0.2) is 0 Å². The van der Waals surface area contributed by atoms with Crippen molar-refractivity contribution in [3.8, 4) is 6.07 Å². The number of rotatable bonds is 6. The molecular weight excluding hydrogens is 190 g/mol. The van der Waals surface area contributed by atoms with E-state index in [4.69, 9.17) is 10.00 Å². The molecule has 0 aliphatic rings. The topological polar surface area (TPSA) is 50.1 Å². The van der Waals surface area contributed by atoms with E-state index in [0.717, 1.165) is 6.42 Å². The molecular formula is C12H21NO2. The third kappa shape index (κ3) is 4.83. The SMILES string of the molecule is CCOC(=O)[C@@H](CC)C(C#N)CC(C)C. The number of carbonyl (C=O) groups excluding carboxylic acids is 1. The average Bonchev–Trinajstić information content (AvgIpc) is 2.17. The van der Waals surface area contributed by atoms with Crippen LogP contribution in [0.25, 0.3) is 0 Å². The predicted octanol–water partition coefficient (Wildman–Crippen LogP) is 2.76. The Morgan fingerprint density at radius 1 is 1.40 bits per heavy atom. The molecule has 0 aliphatic heterocycles.